The lowest BCUT2D eigenvalue weighted by Crippen LogP contribution is -2.09. The minimum atomic E-state index is 0.00199. The Bertz CT molecular complexity index is 337. The van der Waals surface area contributed by atoms with Crippen molar-refractivity contribution in [2.45, 2.75) is 33.2 Å². The van der Waals surface area contributed by atoms with E-state index in [1.54, 1.807) is 0 Å². The highest BCUT2D eigenvalue weighted by atomic mass is 79.9. The van der Waals surface area contributed by atoms with E-state index in [-0.39, 0.29) is 6.04 Å². The molecule has 1 atom stereocenters. The van der Waals surface area contributed by atoms with Crippen molar-refractivity contribution < 1.29 is 4.74 Å². The molecular weight excluding hydrogens is 266 g/mol. The van der Waals surface area contributed by atoms with Crippen LogP contribution in [0, 0.1) is 5.92 Å². The van der Waals surface area contributed by atoms with Crippen LogP contribution in [0.2, 0.25) is 0 Å². The highest BCUT2D eigenvalue weighted by Crippen LogP contribution is 2.27. The van der Waals surface area contributed by atoms with Crippen LogP contribution in [0.5, 0.6) is 5.75 Å². The van der Waals surface area contributed by atoms with Gasteiger partial charge >= 0.3 is 0 Å². The zero-order valence-corrected chi connectivity index (χ0v) is 11.8. The van der Waals surface area contributed by atoms with Gasteiger partial charge < -0.3 is 10.5 Å². The van der Waals surface area contributed by atoms with Crippen LogP contribution in [0.15, 0.2) is 22.7 Å². The van der Waals surface area contributed by atoms with E-state index < -0.39 is 0 Å². The molecule has 0 amide bonds. The van der Waals surface area contributed by atoms with E-state index in [4.69, 9.17) is 10.5 Å². The average molecular weight is 286 g/mol. The van der Waals surface area contributed by atoms with Crippen LogP contribution in [0.4, 0.5) is 0 Å². The third-order valence-corrected chi connectivity index (χ3v) is 2.91. The topological polar surface area (TPSA) is 35.2 Å². The molecule has 0 aliphatic rings. The maximum absolute atomic E-state index is 5.90. The highest BCUT2D eigenvalue weighted by molar-refractivity contribution is 9.10. The van der Waals surface area contributed by atoms with Crippen molar-refractivity contribution in [3.63, 3.8) is 0 Å². The van der Waals surface area contributed by atoms with Gasteiger partial charge in [0.15, 0.2) is 0 Å². The van der Waals surface area contributed by atoms with Crippen LogP contribution in [0.25, 0.3) is 0 Å². The summed E-state index contributed by atoms with van der Waals surface area (Å²) in [5.74, 6) is 1.55. The van der Waals surface area contributed by atoms with Crippen LogP contribution in [-0.4, -0.2) is 6.61 Å². The third-order valence-electron chi connectivity index (χ3n) is 2.42. The van der Waals surface area contributed by atoms with Crippen LogP contribution in [-0.2, 0) is 0 Å². The van der Waals surface area contributed by atoms with Gasteiger partial charge in [0.25, 0.3) is 0 Å². The molecule has 1 rings (SSSR count). The normalized spacial score (nSPS) is 12.9. The molecule has 0 heterocycles. The fraction of sp³-hybridized carbons (Fsp3) is 0.538. The molecule has 1 aromatic rings. The van der Waals surface area contributed by atoms with Crippen LogP contribution < -0.4 is 10.5 Å². The summed E-state index contributed by atoms with van der Waals surface area (Å²) in [6, 6.07) is 5.99. The van der Waals surface area contributed by atoms with Gasteiger partial charge in [0.2, 0.25) is 0 Å². The molecule has 0 aliphatic heterocycles. The summed E-state index contributed by atoms with van der Waals surface area (Å²) in [6.45, 7) is 7.10. The van der Waals surface area contributed by atoms with Crippen molar-refractivity contribution in [3.05, 3.63) is 28.2 Å². The molecule has 1 aromatic carbocycles. The van der Waals surface area contributed by atoms with E-state index >= 15 is 0 Å². The van der Waals surface area contributed by atoms with Gasteiger partial charge in [-0.15, -0.1) is 0 Å². The molecule has 3 heteroatoms. The minimum Gasteiger partial charge on any atom is -0.493 e. The number of halogens is 1. The van der Waals surface area contributed by atoms with Gasteiger partial charge in [-0.2, -0.15) is 0 Å². The number of ether oxygens (including phenoxy) is 1. The van der Waals surface area contributed by atoms with Crippen LogP contribution >= 0.6 is 15.9 Å². The summed E-state index contributed by atoms with van der Waals surface area (Å²) >= 11 is 3.45. The molecule has 0 fully saturated rings. The second-order valence-electron chi connectivity index (χ2n) is 4.50. The zero-order valence-electron chi connectivity index (χ0n) is 10.2. The molecular formula is C13H20BrNO. The van der Waals surface area contributed by atoms with Crippen molar-refractivity contribution >= 4 is 15.9 Å². The van der Waals surface area contributed by atoms with Gasteiger partial charge in [0.1, 0.15) is 5.75 Å². The van der Waals surface area contributed by atoms with E-state index in [1.165, 1.54) is 0 Å². The first-order chi connectivity index (χ1) is 7.50. The average Bonchev–Trinajstić information content (AvgIpc) is 2.16. The molecule has 0 bridgehead atoms. The van der Waals surface area contributed by atoms with E-state index in [0.717, 1.165) is 28.8 Å². The third kappa shape index (κ3) is 4.14. The SMILES string of the molecule is CC(C)CCOc1cc(Br)ccc1[C@H](C)N. The quantitative estimate of drug-likeness (QED) is 0.891. The van der Waals surface area contributed by atoms with Crippen LogP contribution in [0.3, 0.4) is 0 Å². The largest absolute Gasteiger partial charge is 0.493 e. The van der Waals surface area contributed by atoms with E-state index in [0.29, 0.717) is 5.92 Å². The summed E-state index contributed by atoms with van der Waals surface area (Å²) in [4.78, 5) is 0. The second kappa shape index (κ2) is 6.26. The van der Waals surface area contributed by atoms with Crippen molar-refractivity contribution in [1.29, 1.82) is 0 Å². The predicted octanol–water partition coefficient (Wildman–Crippen LogP) is 3.89. The Morgan fingerprint density at radius 1 is 1.31 bits per heavy atom. The Labute approximate surface area is 106 Å². The Hall–Kier alpha value is -0.540. The fourth-order valence-corrected chi connectivity index (χ4v) is 1.75. The molecule has 0 radical (unpaired) electrons. The van der Waals surface area contributed by atoms with Gasteiger partial charge in [-0.05, 0) is 31.4 Å². The monoisotopic (exact) mass is 285 g/mol. The Morgan fingerprint density at radius 2 is 2.00 bits per heavy atom. The van der Waals surface area contributed by atoms with Crippen molar-refractivity contribution in [3.8, 4) is 5.75 Å². The lowest BCUT2D eigenvalue weighted by molar-refractivity contribution is 0.285. The van der Waals surface area contributed by atoms with Gasteiger partial charge in [-0.25, -0.2) is 0 Å². The molecule has 0 unspecified atom stereocenters. The number of nitrogens with two attached hydrogens (primary N) is 1. The van der Waals surface area contributed by atoms with E-state index in [9.17, 15) is 0 Å². The maximum Gasteiger partial charge on any atom is 0.125 e. The molecule has 0 saturated carbocycles. The summed E-state index contributed by atoms with van der Waals surface area (Å²) in [6.07, 6.45) is 1.06. The van der Waals surface area contributed by atoms with Gasteiger partial charge in [-0.1, -0.05) is 35.8 Å². The Kier molecular flexibility index (Phi) is 5.29. The molecule has 16 heavy (non-hydrogen) atoms. The summed E-state index contributed by atoms with van der Waals surface area (Å²) in [5, 5.41) is 0. The van der Waals surface area contributed by atoms with Gasteiger partial charge in [0, 0.05) is 16.1 Å². The van der Waals surface area contributed by atoms with Gasteiger partial charge in [0.05, 0.1) is 6.61 Å². The first-order valence-corrected chi connectivity index (χ1v) is 6.48. The summed E-state index contributed by atoms with van der Waals surface area (Å²) in [5.41, 5.74) is 6.96. The molecule has 0 saturated heterocycles. The molecule has 0 aliphatic carbocycles. The standard InChI is InChI=1S/C13H20BrNO/c1-9(2)6-7-16-13-8-11(14)4-5-12(13)10(3)15/h4-5,8-10H,6-7,15H2,1-3H3/t10-/m0/s1. The second-order valence-corrected chi connectivity index (χ2v) is 5.42. The number of hydrogen-bond donors (Lipinski definition) is 1. The van der Waals surface area contributed by atoms with E-state index in [1.807, 2.05) is 25.1 Å². The number of benzene rings is 1. The Balaban J connectivity index is 2.72. The lowest BCUT2D eigenvalue weighted by Gasteiger charge is -2.15. The summed E-state index contributed by atoms with van der Waals surface area (Å²) < 4.78 is 6.80. The summed E-state index contributed by atoms with van der Waals surface area (Å²) in [7, 11) is 0. The molecule has 90 valence electrons. The zero-order chi connectivity index (χ0) is 12.1. The van der Waals surface area contributed by atoms with E-state index in [2.05, 4.69) is 29.8 Å². The van der Waals surface area contributed by atoms with Crippen LogP contribution in [0.1, 0.15) is 38.8 Å². The van der Waals surface area contributed by atoms with Gasteiger partial charge in [-0.3, -0.25) is 0 Å². The molecule has 0 spiro atoms. The Morgan fingerprint density at radius 3 is 2.56 bits per heavy atom. The first-order valence-electron chi connectivity index (χ1n) is 5.68. The predicted molar refractivity (Wildman–Crippen MR) is 71.7 cm³/mol. The minimum absolute atomic E-state index is 0.00199. The highest BCUT2D eigenvalue weighted by Gasteiger charge is 2.08. The molecule has 2 nitrogen and oxygen atoms in total. The van der Waals surface area contributed by atoms with Crippen molar-refractivity contribution in [2.75, 3.05) is 6.61 Å². The van der Waals surface area contributed by atoms with Crippen molar-refractivity contribution in [1.82, 2.24) is 0 Å². The maximum atomic E-state index is 5.90. The first kappa shape index (κ1) is 13.5. The molecule has 2 N–H and O–H groups in total. The smallest absolute Gasteiger partial charge is 0.125 e. The van der Waals surface area contributed by atoms with Crippen molar-refractivity contribution in [2.24, 2.45) is 11.7 Å². The fourth-order valence-electron chi connectivity index (χ4n) is 1.41. The lowest BCUT2D eigenvalue weighted by atomic mass is 10.1. The number of hydrogen-bond acceptors (Lipinski definition) is 2. The molecule has 0 aromatic heterocycles. The number of rotatable bonds is 5.